The van der Waals surface area contributed by atoms with Crippen LogP contribution in [0, 0.1) is 5.92 Å². The molecule has 6 nitrogen and oxygen atoms in total. The Kier molecular flexibility index (Phi) is 4.95. The van der Waals surface area contributed by atoms with Gasteiger partial charge >= 0.3 is 6.03 Å². The molecule has 1 fully saturated rings. The van der Waals surface area contributed by atoms with Gasteiger partial charge in [0.1, 0.15) is 0 Å². The Labute approximate surface area is 118 Å². The fraction of sp³-hybridized carbons (Fsp3) is 0.429. The minimum atomic E-state index is -0.272. The van der Waals surface area contributed by atoms with Crippen molar-refractivity contribution in [2.24, 2.45) is 5.92 Å². The number of amides is 3. The molecule has 0 bridgehead atoms. The molecule has 0 aliphatic heterocycles. The van der Waals surface area contributed by atoms with E-state index in [0.29, 0.717) is 17.9 Å². The molecule has 1 aliphatic rings. The third kappa shape index (κ3) is 4.89. The summed E-state index contributed by atoms with van der Waals surface area (Å²) >= 11 is 0. The molecule has 20 heavy (non-hydrogen) atoms. The molecule has 0 saturated heterocycles. The van der Waals surface area contributed by atoms with E-state index in [4.69, 9.17) is 0 Å². The van der Waals surface area contributed by atoms with Crippen molar-refractivity contribution >= 4 is 23.3 Å². The highest BCUT2D eigenvalue weighted by atomic mass is 16.2. The molecule has 108 valence electrons. The van der Waals surface area contributed by atoms with Crippen molar-refractivity contribution in [2.75, 3.05) is 30.8 Å². The predicted molar refractivity (Wildman–Crippen MR) is 78.7 cm³/mol. The molecular formula is C14H20N4O2. The van der Waals surface area contributed by atoms with E-state index in [-0.39, 0.29) is 11.9 Å². The van der Waals surface area contributed by atoms with Gasteiger partial charge in [-0.05, 0) is 49.6 Å². The number of rotatable bonds is 6. The number of benzene rings is 1. The van der Waals surface area contributed by atoms with Crippen LogP contribution in [0.2, 0.25) is 0 Å². The van der Waals surface area contributed by atoms with Crippen LogP contribution in [0.15, 0.2) is 24.3 Å². The molecule has 1 aromatic rings. The lowest BCUT2D eigenvalue weighted by molar-refractivity contribution is -0.115. The van der Waals surface area contributed by atoms with E-state index in [1.165, 1.54) is 12.8 Å². The highest BCUT2D eigenvalue weighted by Crippen LogP contribution is 2.27. The summed E-state index contributed by atoms with van der Waals surface area (Å²) in [5.74, 6) is 0.704. The van der Waals surface area contributed by atoms with Crippen LogP contribution < -0.4 is 21.3 Å². The molecule has 1 aromatic carbocycles. The highest BCUT2D eigenvalue weighted by molar-refractivity contribution is 5.93. The Morgan fingerprint density at radius 3 is 2.25 bits per heavy atom. The van der Waals surface area contributed by atoms with E-state index in [1.54, 1.807) is 31.3 Å². The van der Waals surface area contributed by atoms with Gasteiger partial charge in [0, 0.05) is 18.4 Å². The van der Waals surface area contributed by atoms with Gasteiger partial charge in [0.25, 0.3) is 0 Å². The van der Waals surface area contributed by atoms with Crippen LogP contribution in [-0.2, 0) is 4.79 Å². The first-order valence-corrected chi connectivity index (χ1v) is 6.77. The summed E-state index contributed by atoms with van der Waals surface area (Å²) in [4.78, 5) is 22.8. The average molecular weight is 276 g/mol. The third-order valence-corrected chi connectivity index (χ3v) is 3.07. The quantitative estimate of drug-likeness (QED) is 0.633. The minimum absolute atomic E-state index is 0.0577. The van der Waals surface area contributed by atoms with Crippen LogP contribution in [0.5, 0.6) is 0 Å². The van der Waals surface area contributed by atoms with Gasteiger partial charge in [-0.15, -0.1) is 0 Å². The summed E-state index contributed by atoms with van der Waals surface area (Å²) in [5.41, 5.74) is 1.39. The first-order valence-electron chi connectivity index (χ1n) is 6.77. The number of carbonyl (C=O) groups excluding carboxylic acids is 2. The molecule has 6 heteroatoms. The normalized spacial score (nSPS) is 13.7. The summed E-state index contributed by atoms with van der Waals surface area (Å²) in [6.07, 6.45) is 2.54. The molecule has 4 N–H and O–H groups in total. The first kappa shape index (κ1) is 14.3. The lowest BCUT2D eigenvalue weighted by Gasteiger charge is -2.08. The fourth-order valence-corrected chi connectivity index (χ4v) is 1.75. The minimum Gasteiger partial charge on any atom is -0.341 e. The molecule has 0 unspecified atom stereocenters. The lowest BCUT2D eigenvalue weighted by Crippen LogP contribution is -2.29. The van der Waals surface area contributed by atoms with Gasteiger partial charge < -0.3 is 21.3 Å². The maximum atomic E-state index is 11.7. The van der Waals surface area contributed by atoms with E-state index in [0.717, 1.165) is 12.5 Å². The maximum Gasteiger partial charge on any atom is 0.318 e. The van der Waals surface area contributed by atoms with Crippen molar-refractivity contribution in [3.63, 3.8) is 0 Å². The monoisotopic (exact) mass is 276 g/mol. The van der Waals surface area contributed by atoms with Crippen LogP contribution in [-0.4, -0.2) is 32.1 Å². The molecule has 0 aromatic heterocycles. The summed E-state index contributed by atoms with van der Waals surface area (Å²) in [5, 5.41) is 11.1. The van der Waals surface area contributed by atoms with Crippen LogP contribution in [0.1, 0.15) is 12.8 Å². The molecule has 1 aliphatic carbocycles. The zero-order chi connectivity index (χ0) is 14.4. The second-order valence-corrected chi connectivity index (χ2v) is 4.90. The van der Waals surface area contributed by atoms with Crippen molar-refractivity contribution in [1.29, 1.82) is 0 Å². The molecule has 0 heterocycles. The average Bonchev–Trinajstić information content (AvgIpc) is 3.25. The number of nitrogens with one attached hydrogen (secondary N) is 4. The van der Waals surface area contributed by atoms with Gasteiger partial charge in [0.05, 0.1) is 6.54 Å². The van der Waals surface area contributed by atoms with Gasteiger partial charge in [-0.25, -0.2) is 4.79 Å². The molecule has 3 amide bonds. The predicted octanol–water partition coefficient (Wildman–Crippen LogP) is 1.38. The Bertz CT molecular complexity index is 469. The highest BCUT2D eigenvalue weighted by Gasteiger charge is 2.20. The largest absolute Gasteiger partial charge is 0.341 e. The summed E-state index contributed by atoms with van der Waals surface area (Å²) < 4.78 is 0. The van der Waals surface area contributed by atoms with Crippen LogP contribution in [0.25, 0.3) is 0 Å². The molecular weight excluding hydrogens is 256 g/mol. The molecule has 0 radical (unpaired) electrons. The Hall–Kier alpha value is -2.08. The number of hydrogen-bond acceptors (Lipinski definition) is 3. The van der Waals surface area contributed by atoms with Crippen LogP contribution >= 0.6 is 0 Å². The van der Waals surface area contributed by atoms with Gasteiger partial charge in [-0.3, -0.25) is 4.79 Å². The second-order valence-electron chi connectivity index (χ2n) is 4.90. The standard InChI is InChI=1S/C14H20N4O2/c1-15-14(20)18-12-6-4-11(5-7-12)17-13(19)9-16-8-10-2-3-10/h4-7,10,16H,2-3,8-9H2,1H3,(H,17,19)(H2,15,18,20). The third-order valence-electron chi connectivity index (χ3n) is 3.07. The zero-order valence-corrected chi connectivity index (χ0v) is 11.5. The van der Waals surface area contributed by atoms with Crippen molar-refractivity contribution in [3.8, 4) is 0 Å². The number of hydrogen-bond donors (Lipinski definition) is 4. The maximum absolute atomic E-state index is 11.7. The van der Waals surface area contributed by atoms with Crippen molar-refractivity contribution < 1.29 is 9.59 Å². The zero-order valence-electron chi connectivity index (χ0n) is 11.5. The van der Waals surface area contributed by atoms with E-state index in [2.05, 4.69) is 21.3 Å². The van der Waals surface area contributed by atoms with Crippen LogP contribution in [0.3, 0.4) is 0 Å². The Balaban J connectivity index is 1.74. The Morgan fingerprint density at radius 2 is 1.70 bits per heavy atom. The topological polar surface area (TPSA) is 82.3 Å². The molecule has 0 spiro atoms. The SMILES string of the molecule is CNC(=O)Nc1ccc(NC(=O)CNCC2CC2)cc1. The van der Waals surface area contributed by atoms with Gasteiger partial charge in [-0.1, -0.05) is 0 Å². The van der Waals surface area contributed by atoms with Crippen molar-refractivity contribution in [3.05, 3.63) is 24.3 Å². The molecule has 0 atom stereocenters. The summed E-state index contributed by atoms with van der Waals surface area (Å²) in [6, 6.07) is 6.71. The number of carbonyl (C=O) groups is 2. The molecule has 2 rings (SSSR count). The lowest BCUT2D eigenvalue weighted by atomic mass is 10.3. The van der Waals surface area contributed by atoms with Gasteiger partial charge in [0.15, 0.2) is 0 Å². The fourth-order valence-electron chi connectivity index (χ4n) is 1.75. The summed E-state index contributed by atoms with van der Waals surface area (Å²) in [7, 11) is 1.55. The van der Waals surface area contributed by atoms with E-state index in [9.17, 15) is 9.59 Å². The Morgan fingerprint density at radius 1 is 1.10 bits per heavy atom. The van der Waals surface area contributed by atoms with E-state index in [1.807, 2.05) is 0 Å². The van der Waals surface area contributed by atoms with Crippen molar-refractivity contribution in [2.45, 2.75) is 12.8 Å². The van der Waals surface area contributed by atoms with Gasteiger partial charge in [-0.2, -0.15) is 0 Å². The van der Waals surface area contributed by atoms with E-state index >= 15 is 0 Å². The second kappa shape index (κ2) is 6.91. The van der Waals surface area contributed by atoms with Gasteiger partial charge in [0.2, 0.25) is 5.91 Å². The first-order chi connectivity index (χ1) is 9.67. The van der Waals surface area contributed by atoms with Crippen molar-refractivity contribution in [1.82, 2.24) is 10.6 Å². The number of urea groups is 1. The summed E-state index contributed by atoms with van der Waals surface area (Å²) in [6.45, 7) is 1.25. The van der Waals surface area contributed by atoms with E-state index < -0.39 is 0 Å². The van der Waals surface area contributed by atoms with Crippen LogP contribution in [0.4, 0.5) is 16.2 Å². The smallest absolute Gasteiger partial charge is 0.318 e. The number of anilines is 2. The molecule has 1 saturated carbocycles.